The molecule has 0 saturated heterocycles. The molecule has 14 heavy (non-hydrogen) atoms. The number of hydrogen-bond donors (Lipinski definition) is 2. The monoisotopic (exact) mass is 190 g/mol. The third kappa shape index (κ3) is 1.79. The summed E-state index contributed by atoms with van der Waals surface area (Å²) in [4.78, 5) is 0. The van der Waals surface area contributed by atoms with Crippen LogP contribution in [0.15, 0.2) is 6.07 Å². The topological polar surface area (TPSA) is 49.7 Å². The van der Waals surface area contributed by atoms with Crippen molar-refractivity contribution in [3.8, 4) is 5.75 Å². The lowest BCUT2D eigenvalue weighted by molar-refractivity contribution is 0.411. The van der Waals surface area contributed by atoms with Gasteiger partial charge in [-0.15, -0.1) is 0 Å². The van der Waals surface area contributed by atoms with Gasteiger partial charge in [0.25, 0.3) is 0 Å². The number of hydrogen-bond acceptors (Lipinski definition) is 3. The summed E-state index contributed by atoms with van der Waals surface area (Å²) in [5.41, 5.74) is 2.37. The number of aryl methyl sites for hydroxylation is 1. The zero-order valence-corrected chi connectivity index (χ0v) is 8.53. The lowest BCUT2D eigenvalue weighted by atomic mass is 9.72. The van der Waals surface area contributed by atoms with E-state index >= 15 is 0 Å². The van der Waals surface area contributed by atoms with Crippen LogP contribution in [0.5, 0.6) is 5.75 Å². The normalized spacial score (nSPS) is 10.1. The van der Waals surface area contributed by atoms with Gasteiger partial charge in [0.05, 0.1) is 7.11 Å². The fourth-order valence-electron chi connectivity index (χ4n) is 1.68. The molecule has 0 saturated carbocycles. The Bertz CT molecular complexity index is 350. The Labute approximate surface area is 85.3 Å². The summed E-state index contributed by atoms with van der Waals surface area (Å²) in [6.07, 6.45) is 0. The Morgan fingerprint density at radius 3 is 2.36 bits per heavy atom. The first-order chi connectivity index (χ1) is 6.49. The molecule has 0 atom stereocenters. The largest absolute Gasteiger partial charge is 0.497 e. The number of methoxy groups -OCH3 is 1. The van der Waals surface area contributed by atoms with Gasteiger partial charge in [0.15, 0.2) is 0 Å². The van der Waals surface area contributed by atoms with Crippen molar-refractivity contribution in [3.05, 3.63) is 17.2 Å². The molecule has 0 bridgehead atoms. The van der Waals surface area contributed by atoms with Crippen LogP contribution in [0.25, 0.3) is 0 Å². The van der Waals surface area contributed by atoms with Crippen LogP contribution in [0, 0.1) is 13.8 Å². The summed E-state index contributed by atoms with van der Waals surface area (Å²) in [5.74, 6) is 0.499. The van der Waals surface area contributed by atoms with Crippen molar-refractivity contribution in [2.75, 3.05) is 7.11 Å². The van der Waals surface area contributed by atoms with Crippen molar-refractivity contribution in [3.63, 3.8) is 0 Å². The fourth-order valence-corrected chi connectivity index (χ4v) is 1.68. The highest BCUT2D eigenvalue weighted by Gasteiger charge is 2.20. The Kier molecular flexibility index (Phi) is 3.24. The molecule has 2 N–H and O–H groups in total. The Morgan fingerprint density at radius 1 is 1.36 bits per heavy atom. The third-order valence-electron chi connectivity index (χ3n) is 2.27. The highest BCUT2D eigenvalue weighted by atomic mass is 16.5. The average Bonchev–Trinajstić information content (AvgIpc) is 2.02. The van der Waals surface area contributed by atoms with Gasteiger partial charge in [0, 0.05) is 0 Å². The van der Waals surface area contributed by atoms with Gasteiger partial charge in [0.1, 0.15) is 13.6 Å². The van der Waals surface area contributed by atoms with Crippen molar-refractivity contribution in [2.45, 2.75) is 13.8 Å². The quantitative estimate of drug-likeness (QED) is 0.574. The molecule has 0 aliphatic heterocycles. The molecule has 0 amide bonds. The molecule has 1 aromatic carbocycles. The van der Waals surface area contributed by atoms with Crippen LogP contribution in [-0.2, 0) is 0 Å². The molecule has 3 nitrogen and oxygen atoms in total. The van der Waals surface area contributed by atoms with Gasteiger partial charge in [-0.1, -0.05) is 17.1 Å². The molecular weight excluding hydrogens is 178 g/mol. The Balaban J connectivity index is 3.44. The van der Waals surface area contributed by atoms with E-state index in [1.54, 1.807) is 19.9 Å². The summed E-state index contributed by atoms with van der Waals surface area (Å²) in [7, 11) is 5.72. The summed E-state index contributed by atoms with van der Waals surface area (Å²) in [5, 5.41) is 18.3. The second-order valence-electron chi connectivity index (χ2n) is 3.23. The molecule has 0 aliphatic rings. The lowest BCUT2D eigenvalue weighted by Gasteiger charge is -2.15. The van der Waals surface area contributed by atoms with E-state index in [1.165, 1.54) is 7.11 Å². The van der Waals surface area contributed by atoms with Gasteiger partial charge in [-0.05, 0) is 24.9 Å². The van der Waals surface area contributed by atoms with E-state index < -0.39 is 7.12 Å². The van der Waals surface area contributed by atoms with Crippen molar-refractivity contribution < 1.29 is 14.8 Å². The molecule has 0 spiro atoms. The molecule has 0 aromatic heterocycles. The van der Waals surface area contributed by atoms with Crippen LogP contribution in [0.3, 0.4) is 0 Å². The summed E-state index contributed by atoms with van der Waals surface area (Å²) >= 11 is 0. The van der Waals surface area contributed by atoms with E-state index in [2.05, 4.69) is 0 Å². The third-order valence-corrected chi connectivity index (χ3v) is 2.27. The van der Waals surface area contributed by atoms with Crippen LogP contribution < -0.4 is 15.7 Å². The van der Waals surface area contributed by atoms with Crippen LogP contribution in [0.4, 0.5) is 0 Å². The molecule has 0 unspecified atom stereocenters. The number of rotatable bonds is 2. The summed E-state index contributed by atoms with van der Waals surface area (Å²) in [6, 6.07) is 1.67. The second kappa shape index (κ2) is 4.07. The minimum Gasteiger partial charge on any atom is -0.497 e. The van der Waals surface area contributed by atoms with Crippen LogP contribution in [0.2, 0.25) is 0 Å². The van der Waals surface area contributed by atoms with E-state index in [1.807, 2.05) is 0 Å². The molecule has 0 aliphatic carbocycles. The predicted octanol–water partition coefficient (Wildman–Crippen LogP) is -1.21. The standard InChI is InChI=1S/C9H12B2O3/c1-5-4-7(10)9(14-3)6(2)8(5)11(12)13/h4,12-13H,1-3H3. The highest BCUT2D eigenvalue weighted by molar-refractivity contribution is 6.60. The molecule has 0 heterocycles. The highest BCUT2D eigenvalue weighted by Crippen LogP contribution is 2.13. The maximum atomic E-state index is 9.16. The fraction of sp³-hybridized carbons (Fsp3) is 0.333. The number of benzene rings is 1. The lowest BCUT2D eigenvalue weighted by Crippen LogP contribution is -2.36. The van der Waals surface area contributed by atoms with E-state index in [4.69, 9.17) is 22.6 Å². The van der Waals surface area contributed by atoms with Gasteiger partial charge in [-0.2, -0.15) is 0 Å². The van der Waals surface area contributed by atoms with E-state index in [9.17, 15) is 0 Å². The van der Waals surface area contributed by atoms with Crippen molar-refractivity contribution in [2.24, 2.45) is 0 Å². The minimum atomic E-state index is -1.50. The van der Waals surface area contributed by atoms with Crippen molar-refractivity contribution >= 4 is 25.9 Å². The zero-order chi connectivity index (χ0) is 10.9. The molecule has 72 valence electrons. The first-order valence-corrected chi connectivity index (χ1v) is 4.28. The van der Waals surface area contributed by atoms with Gasteiger partial charge >= 0.3 is 7.12 Å². The zero-order valence-electron chi connectivity index (χ0n) is 8.53. The molecule has 1 rings (SSSR count). The van der Waals surface area contributed by atoms with Crippen LogP contribution in [-0.4, -0.2) is 32.1 Å². The van der Waals surface area contributed by atoms with Gasteiger partial charge in [-0.3, -0.25) is 0 Å². The maximum Gasteiger partial charge on any atom is 0.489 e. The molecule has 0 fully saturated rings. The van der Waals surface area contributed by atoms with E-state index in [-0.39, 0.29) is 0 Å². The van der Waals surface area contributed by atoms with E-state index in [0.29, 0.717) is 22.2 Å². The molecule has 2 radical (unpaired) electrons. The van der Waals surface area contributed by atoms with Gasteiger partial charge in [0.2, 0.25) is 0 Å². The molecule has 1 aromatic rings. The maximum absolute atomic E-state index is 9.16. The van der Waals surface area contributed by atoms with Crippen molar-refractivity contribution in [1.29, 1.82) is 0 Å². The van der Waals surface area contributed by atoms with Gasteiger partial charge < -0.3 is 14.8 Å². The SMILES string of the molecule is [B]c1cc(C)c(B(O)O)c(C)c1OC. The molecule has 5 heteroatoms. The van der Waals surface area contributed by atoms with Crippen LogP contribution in [0.1, 0.15) is 11.1 Å². The Morgan fingerprint density at radius 2 is 1.93 bits per heavy atom. The molecular formula is C9H12B2O3. The summed E-state index contributed by atoms with van der Waals surface area (Å²) in [6.45, 7) is 3.52. The average molecular weight is 190 g/mol. The van der Waals surface area contributed by atoms with Crippen molar-refractivity contribution in [1.82, 2.24) is 0 Å². The van der Waals surface area contributed by atoms with Crippen LogP contribution >= 0.6 is 0 Å². The summed E-state index contributed by atoms with van der Waals surface area (Å²) < 4.78 is 5.07. The first kappa shape index (κ1) is 11.1. The van der Waals surface area contributed by atoms with E-state index in [0.717, 1.165) is 5.56 Å². The predicted molar refractivity (Wildman–Crippen MR) is 57.7 cm³/mol. The second-order valence-corrected chi connectivity index (χ2v) is 3.23. The number of ether oxygens (including phenoxy) is 1. The Hall–Kier alpha value is -0.930. The first-order valence-electron chi connectivity index (χ1n) is 4.28. The van der Waals surface area contributed by atoms with Gasteiger partial charge in [-0.25, -0.2) is 0 Å². The minimum absolute atomic E-state index is 0.455. The smallest absolute Gasteiger partial charge is 0.489 e.